The second-order valence-corrected chi connectivity index (χ2v) is 4.29. The van der Waals surface area contributed by atoms with Crippen molar-refractivity contribution in [3.05, 3.63) is 35.4 Å². The molecule has 1 aromatic rings. The molecule has 2 unspecified atom stereocenters. The largest absolute Gasteiger partial charge is 0.353 e. The quantitative estimate of drug-likeness (QED) is 0.689. The fourth-order valence-electron chi connectivity index (χ4n) is 2.00. The van der Waals surface area contributed by atoms with Crippen LogP contribution in [0.15, 0.2) is 29.3 Å². The van der Waals surface area contributed by atoms with Crippen molar-refractivity contribution in [3.8, 4) is 0 Å². The Bertz CT molecular complexity index is 366. The number of fused-ring (bicyclic) bond motifs is 1. The van der Waals surface area contributed by atoms with Gasteiger partial charge in [-0.15, -0.1) is 0 Å². The molecule has 1 aliphatic heterocycles. The summed E-state index contributed by atoms with van der Waals surface area (Å²) < 4.78 is 0. The highest BCUT2D eigenvalue weighted by molar-refractivity contribution is 5.61. The summed E-state index contributed by atoms with van der Waals surface area (Å²) in [7, 11) is 0. The average Bonchev–Trinajstić information content (AvgIpc) is 2.88. The minimum absolute atomic E-state index is 0.625. The molecule has 0 spiro atoms. The highest BCUT2D eigenvalue weighted by atomic mass is 15.3. The lowest BCUT2D eigenvalue weighted by atomic mass is 10.1. The number of aryl methyl sites for hydroxylation is 1. The van der Waals surface area contributed by atoms with Crippen LogP contribution in [0.5, 0.6) is 0 Å². The van der Waals surface area contributed by atoms with Crippen molar-refractivity contribution in [2.24, 2.45) is 4.99 Å². The van der Waals surface area contributed by atoms with Gasteiger partial charge in [0.1, 0.15) is 0 Å². The summed E-state index contributed by atoms with van der Waals surface area (Å²) in [6, 6.07) is 10.1. The molecule has 3 rings (SSSR count). The van der Waals surface area contributed by atoms with Crippen molar-refractivity contribution < 1.29 is 0 Å². The first-order valence-electron chi connectivity index (χ1n) is 5.17. The zero-order valence-electron chi connectivity index (χ0n) is 8.35. The van der Waals surface area contributed by atoms with Crippen molar-refractivity contribution in [3.63, 3.8) is 0 Å². The van der Waals surface area contributed by atoms with E-state index in [9.17, 15) is 0 Å². The van der Waals surface area contributed by atoms with Gasteiger partial charge in [-0.2, -0.15) is 0 Å². The Balaban J connectivity index is 1.72. The zero-order chi connectivity index (χ0) is 9.54. The molecule has 0 N–H and O–H groups in total. The number of rotatable bonds is 2. The Morgan fingerprint density at radius 1 is 1.36 bits per heavy atom. The van der Waals surface area contributed by atoms with Crippen molar-refractivity contribution in [2.45, 2.75) is 32.0 Å². The van der Waals surface area contributed by atoms with Gasteiger partial charge in [0.25, 0.3) is 0 Å². The number of hydrogen-bond donors (Lipinski definition) is 0. The van der Waals surface area contributed by atoms with Gasteiger partial charge in [-0.05, 0) is 18.9 Å². The van der Waals surface area contributed by atoms with Crippen molar-refractivity contribution >= 4 is 6.34 Å². The van der Waals surface area contributed by atoms with Gasteiger partial charge in [0.15, 0.2) is 0 Å². The summed E-state index contributed by atoms with van der Waals surface area (Å²) in [5, 5.41) is 0. The molecule has 0 amide bonds. The predicted octanol–water partition coefficient (Wildman–Crippen LogP) is 1.98. The molecule has 2 aliphatic rings. The van der Waals surface area contributed by atoms with Crippen LogP contribution < -0.4 is 0 Å². The van der Waals surface area contributed by atoms with Crippen LogP contribution >= 0.6 is 0 Å². The van der Waals surface area contributed by atoms with Crippen LogP contribution in [0, 0.1) is 6.92 Å². The SMILES string of the molecule is Cc1ccc(CN2C=NC3CC32)cc1. The number of nitrogens with zero attached hydrogens (tertiary/aromatic N) is 2. The summed E-state index contributed by atoms with van der Waals surface area (Å²) >= 11 is 0. The summed E-state index contributed by atoms with van der Waals surface area (Å²) in [6.45, 7) is 3.14. The highest BCUT2D eigenvalue weighted by Crippen LogP contribution is 2.35. The highest BCUT2D eigenvalue weighted by Gasteiger charge is 2.44. The van der Waals surface area contributed by atoms with Crippen LogP contribution in [0.2, 0.25) is 0 Å². The summed E-state index contributed by atoms with van der Waals surface area (Å²) in [5.74, 6) is 0. The van der Waals surface area contributed by atoms with Gasteiger partial charge in [0.2, 0.25) is 0 Å². The molecule has 1 saturated carbocycles. The molecule has 1 heterocycles. The van der Waals surface area contributed by atoms with E-state index in [0.717, 1.165) is 12.6 Å². The van der Waals surface area contributed by atoms with E-state index in [4.69, 9.17) is 0 Å². The molecule has 14 heavy (non-hydrogen) atoms. The normalized spacial score (nSPS) is 27.9. The molecule has 0 radical (unpaired) electrons. The maximum Gasteiger partial charge on any atom is 0.0860 e. The minimum Gasteiger partial charge on any atom is -0.353 e. The molecular weight excluding hydrogens is 172 g/mol. The van der Waals surface area contributed by atoms with Crippen LogP contribution in [-0.2, 0) is 6.54 Å². The van der Waals surface area contributed by atoms with Crippen LogP contribution in [0.4, 0.5) is 0 Å². The van der Waals surface area contributed by atoms with E-state index in [1.54, 1.807) is 0 Å². The molecule has 0 bridgehead atoms. The third-order valence-electron chi connectivity index (χ3n) is 3.04. The zero-order valence-corrected chi connectivity index (χ0v) is 8.35. The molecular formula is C12H14N2. The number of hydrogen-bond acceptors (Lipinski definition) is 2. The Hall–Kier alpha value is -1.31. The molecule has 2 heteroatoms. The van der Waals surface area contributed by atoms with E-state index in [-0.39, 0.29) is 0 Å². The van der Waals surface area contributed by atoms with E-state index >= 15 is 0 Å². The van der Waals surface area contributed by atoms with Gasteiger partial charge in [-0.3, -0.25) is 4.99 Å². The van der Waals surface area contributed by atoms with E-state index in [0.29, 0.717) is 6.04 Å². The van der Waals surface area contributed by atoms with Gasteiger partial charge in [-0.1, -0.05) is 29.8 Å². The van der Waals surface area contributed by atoms with Crippen molar-refractivity contribution in [1.82, 2.24) is 4.90 Å². The fourth-order valence-corrected chi connectivity index (χ4v) is 2.00. The van der Waals surface area contributed by atoms with Gasteiger partial charge in [-0.25, -0.2) is 0 Å². The maximum absolute atomic E-state index is 4.41. The molecule has 1 aromatic carbocycles. The smallest absolute Gasteiger partial charge is 0.0860 e. The Labute approximate surface area is 84.3 Å². The Kier molecular flexibility index (Phi) is 1.63. The van der Waals surface area contributed by atoms with Gasteiger partial charge in [0, 0.05) is 6.54 Å². The number of aliphatic imine (C=N–C) groups is 1. The van der Waals surface area contributed by atoms with Crippen molar-refractivity contribution in [2.75, 3.05) is 0 Å². The molecule has 1 aliphatic carbocycles. The molecule has 0 aromatic heterocycles. The first kappa shape index (κ1) is 8.04. The van der Waals surface area contributed by atoms with Crippen LogP contribution in [0.3, 0.4) is 0 Å². The molecule has 2 nitrogen and oxygen atoms in total. The maximum atomic E-state index is 4.41. The minimum atomic E-state index is 0.625. The summed E-state index contributed by atoms with van der Waals surface area (Å²) in [4.78, 5) is 6.76. The predicted molar refractivity (Wildman–Crippen MR) is 57.4 cm³/mol. The fraction of sp³-hybridized carbons (Fsp3) is 0.417. The van der Waals surface area contributed by atoms with E-state index in [1.165, 1.54) is 17.5 Å². The molecule has 72 valence electrons. The number of benzene rings is 1. The van der Waals surface area contributed by atoms with Gasteiger partial charge < -0.3 is 4.90 Å². The summed E-state index contributed by atoms with van der Waals surface area (Å²) in [6.07, 6.45) is 3.28. The standard InChI is InChI=1S/C12H14N2/c1-9-2-4-10(5-3-9)7-14-8-13-11-6-12(11)14/h2-5,8,11-12H,6-7H2,1H3. The van der Waals surface area contributed by atoms with Gasteiger partial charge >= 0.3 is 0 Å². The topological polar surface area (TPSA) is 15.6 Å². The molecule has 0 saturated heterocycles. The molecule has 2 atom stereocenters. The second kappa shape index (κ2) is 2.84. The molecule has 1 fully saturated rings. The Morgan fingerprint density at radius 2 is 2.14 bits per heavy atom. The second-order valence-electron chi connectivity index (χ2n) is 4.29. The lowest BCUT2D eigenvalue weighted by Crippen LogP contribution is -2.21. The monoisotopic (exact) mass is 186 g/mol. The lowest BCUT2D eigenvalue weighted by molar-refractivity contribution is 0.427. The first-order chi connectivity index (χ1) is 6.83. The average molecular weight is 186 g/mol. The van der Waals surface area contributed by atoms with Gasteiger partial charge in [0.05, 0.1) is 18.4 Å². The third kappa shape index (κ3) is 1.31. The van der Waals surface area contributed by atoms with E-state index < -0.39 is 0 Å². The Morgan fingerprint density at radius 3 is 2.71 bits per heavy atom. The van der Waals surface area contributed by atoms with Crippen LogP contribution in [0.1, 0.15) is 17.5 Å². The first-order valence-corrected chi connectivity index (χ1v) is 5.17. The van der Waals surface area contributed by atoms with Crippen LogP contribution in [-0.4, -0.2) is 23.3 Å². The summed E-state index contributed by atoms with van der Waals surface area (Å²) in [5.41, 5.74) is 2.71. The lowest BCUT2D eigenvalue weighted by Gasteiger charge is -2.15. The van der Waals surface area contributed by atoms with E-state index in [2.05, 4.69) is 41.1 Å². The van der Waals surface area contributed by atoms with Crippen LogP contribution in [0.25, 0.3) is 0 Å². The van der Waals surface area contributed by atoms with Crippen molar-refractivity contribution in [1.29, 1.82) is 0 Å². The van der Waals surface area contributed by atoms with E-state index in [1.807, 2.05) is 6.34 Å². The third-order valence-corrected chi connectivity index (χ3v) is 3.04.